The Balaban J connectivity index is 0.00000256. The predicted octanol–water partition coefficient (Wildman–Crippen LogP) is 4.58. The molecule has 0 aliphatic carbocycles. The first kappa shape index (κ1) is 23.3. The van der Waals surface area contributed by atoms with Crippen LogP contribution in [-0.4, -0.2) is 55.9 Å². The maximum atomic E-state index is 6.12. The number of piperidine rings is 1. The summed E-state index contributed by atoms with van der Waals surface area (Å²) in [4.78, 5) is 7.34. The summed E-state index contributed by atoms with van der Waals surface area (Å²) in [5, 5.41) is 6.04. The van der Waals surface area contributed by atoms with Crippen LogP contribution in [0.5, 0.6) is 0 Å². The molecule has 0 spiro atoms. The van der Waals surface area contributed by atoms with Gasteiger partial charge in [-0.05, 0) is 48.9 Å². The molecule has 0 amide bonds. The van der Waals surface area contributed by atoms with Gasteiger partial charge < -0.3 is 19.7 Å². The highest BCUT2D eigenvalue weighted by molar-refractivity contribution is 14.0. The number of nitrogens with zero attached hydrogens (tertiary/aromatic N) is 2. The number of ether oxygens (including phenoxy) is 2. The van der Waals surface area contributed by atoms with Gasteiger partial charge in [0.2, 0.25) is 0 Å². The van der Waals surface area contributed by atoms with E-state index in [1.807, 2.05) is 0 Å². The van der Waals surface area contributed by atoms with Crippen LogP contribution in [0, 0.1) is 0 Å². The molecule has 0 saturated carbocycles. The van der Waals surface area contributed by atoms with E-state index in [0.29, 0.717) is 18.8 Å². The van der Waals surface area contributed by atoms with Crippen molar-refractivity contribution in [2.45, 2.75) is 51.4 Å². The molecule has 164 valence electrons. The molecule has 2 aliphatic heterocycles. The van der Waals surface area contributed by atoms with Crippen molar-refractivity contribution in [1.29, 1.82) is 0 Å². The number of halogens is 1. The first-order valence-electron chi connectivity index (χ1n) is 11.1. The number of hydrogen-bond donors (Lipinski definition) is 1. The number of aliphatic imine (C=N–C) groups is 1. The van der Waals surface area contributed by atoms with E-state index in [2.05, 4.69) is 59.6 Å². The van der Waals surface area contributed by atoms with Gasteiger partial charge in [-0.2, -0.15) is 0 Å². The van der Waals surface area contributed by atoms with Crippen LogP contribution >= 0.6 is 24.0 Å². The fourth-order valence-corrected chi connectivity index (χ4v) is 4.27. The molecule has 2 saturated heterocycles. The minimum absolute atomic E-state index is 0. The fourth-order valence-electron chi connectivity index (χ4n) is 4.27. The molecule has 6 heteroatoms. The van der Waals surface area contributed by atoms with E-state index >= 15 is 0 Å². The first-order chi connectivity index (χ1) is 14.3. The largest absolute Gasteiger partial charge is 0.376 e. The molecule has 2 aliphatic rings. The van der Waals surface area contributed by atoms with Crippen LogP contribution in [0.1, 0.15) is 38.2 Å². The zero-order valence-electron chi connectivity index (χ0n) is 17.9. The second-order valence-electron chi connectivity index (χ2n) is 7.96. The summed E-state index contributed by atoms with van der Waals surface area (Å²) in [5.41, 5.74) is 1.27. The van der Waals surface area contributed by atoms with Gasteiger partial charge >= 0.3 is 0 Å². The lowest BCUT2D eigenvalue weighted by Crippen LogP contribution is -2.47. The lowest BCUT2D eigenvalue weighted by Gasteiger charge is -2.34. The highest BCUT2D eigenvalue weighted by atomic mass is 127. The number of likely N-dealkylation sites (tertiary alicyclic amines) is 1. The van der Waals surface area contributed by atoms with Crippen molar-refractivity contribution in [2.75, 3.05) is 32.8 Å². The molecule has 0 bridgehead atoms. The van der Waals surface area contributed by atoms with Crippen molar-refractivity contribution in [3.05, 3.63) is 48.0 Å². The molecule has 1 N–H and O–H groups in total. The highest BCUT2D eigenvalue weighted by Gasteiger charge is 2.24. The standard InChI is InChI=1S/C24H33N3O2.HI/c1-2-25-24(26-17-20-9-5-8-19-7-3-4-11-23(19)20)27-14-12-21(13-15-27)29-18-22-10-6-16-28-22;/h3-5,7-9,11,21-22H,2,6,10,12-18H2,1H3,(H,25,26);1H. The molecule has 2 fully saturated rings. The lowest BCUT2D eigenvalue weighted by atomic mass is 10.0. The van der Waals surface area contributed by atoms with Gasteiger partial charge in [-0.3, -0.25) is 0 Å². The van der Waals surface area contributed by atoms with Gasteiger partial charge in [0.1, 0.15) is 0 Å². The van der Waals surface area contributed by atoms with E-state index in [1.54, 1.807) is 0 Å². The van der Waals surface area contributed by atoms with Gasteiger partial charge in [-0.25, -0.2) is 4.99 Å². The van der Waals surface area contributed by atoms with Crippen LogP contribution in [0.15, 0.2) is 47.5 Å². The van der Waals surface area contributed by atoms with E-state index in [1.165, 1.54) is 22.8 Å². The predicted molar refractivity (Wildman–Crippen MR) is 134 cm³/mol. The Labute approximate surface area is 197 Å². The lowest BCUT2D eigenvalue weighted by molar-refractivity contribution is -0.0367. The number of nitrogens with one attached hydrogen (secondary N) is 1. The summed E-state index contributed by atoms with van der Waals surface area (Å²) in [6.45, 7) is 7.31. The third kappa shape index (κ3) is 6.08. The third-order valence-corrected chi connectivity index (χ3v) is 5.90. The smallest absolute Gasteiger partial charge is 0.194 e. The molecule has 30 heavy (non-hydrogen) atoms. The zero-order chi connectivity index (χ0) is 19.9. The van der Waals surface area contributed by atoms with Gasteiger partial charge in [-0.15, -0.1) is 24.0 Å². The van der Waals surface area contributed by atoms with Crippen LogP contribution in [0.3, 0.4) is 0 Å². The van der Waals surface area contributed by atoms with Crippen molar-refractivity contribution in [1.82, 2.24) is 10.2 Å². The molecule has 1 unspecified atom stereocenters. The number of hydrogen-bond acceptors (Lipinski definition) is 3. The molecular formula is C24H34IN3O2. The number of guanidine groups is 1. The van der Waals surface area contributed by atoms with Gasteiger partial charge in [0.05, 0.1) is 25.4 Å². The van der Waals surface area contributed by atoms with Crippen molar-refractivity contribution in [3.63, 3.8) is 0 Å². The average molecular weight is 523 g/mol. The number of benzene rings is 2. The molecule has 1 atom stereocenters. The minimum Gasteiger partial charge on any atom is -0.376 e. The van der Waals surface area contributed by atoms with Gasteiger partial charge in [0, 0.05) is 26.2 Å². The van der Waals surface area contributed by atoms with Crippen LogP contribution in [-0.2, 0) is 16.0 Å². The van der Waals surface area contributed by atoms with Crippen molar-refractivity contribution >= 4 is 40.7 Å². The maximum Gasteiger partial charge on any atom is 0.194 e. The van der Waals surface area contributed by atoms with E-state index in [4.69, 9.17) is 14.5 Å². The summed E-state index contributed by atoms with van der Waals surface area (Å²) >= 11 is 0. The monoisotopic (exact) mass is 523 g/mol. The van der Waals surface area contributed by atoms with E-state index in [0.717, 1.165) is 58.1 Å². The maximum absolute atomic E-state index is 6.12. The molecule has 5 nitrogen and oxygen atoms in total. The van der Waals surface area contributed by atoms with Gasteiger partial charge in [-0.1, -0.05) is 42.5 Å². The van der Waals surface area contributed by atoms with Crippen LogP contribution in [0.2, 0.25) is 0 Å². The van der Waals surface area contributed by atoms with Gasteiger partial charge in [0.15, 0.2) is 5.96 Å². The molecule has 0 aromatic heterocycles. The summed E-state index contributed by atoms with van der Waals surface area (Å²) < 4.78 is 11.8. The van der Waals surface area contributed by atoms with E-state index < -0.39 is 0 Å². The second-order valence-corrected chi connectivity index (χ2v) is 7.96. The van der Waals surface area contributed by atoms with E-state index in [-0.39, 0.29) is 24.0 Å². The Morgan fingerprint density at radius 3 is 2.70 bits per heavy atom. The Morgan fingerprint density at radius 2 is 1.93 bits per heavy atom. The van der Waals surface area contributed by atoms with Gasteiger partial charge in [0.25, 0.3) is 0 Å². The highest BCUT2D eigenvalue weighted by Crippen LogP contribution is 2.20. The first-order valence-corrected chi connectivity index (χ1v) is 11.1. The minimum atomic E-state index is 0. The molecule has 4 rings (SSSR count). The summed E-state index contributed by atoms with van der Waals surface area (Å²) in [6, 6.07) is 15.0. The molecule has 2 aromatic rings. The summed E-state index contributed by atoms with van der Waals surface area (Å²) in [5.74, 6) is 1.01. The Bertz CT molecular complexity index is 810. The van der Waals surface area contributed by atoms with Crippen molar-refractivity contribution in [3.8, 4) is 0 Å². The molecule has 2 heterocycles. The van der Waals surface area contributed by atoms with Crippen molar-refractivity contribution < 1.29 is 9.47 Å². The SMILES string of the molecule is CCNC(=NCc1cccc2ccccc12)N1CCC(OCC2CCCO2)CC1.I. The Kier molecular flexibility index (Phi) is 9.21. The normalized spacial score (nSPS) is 20.4. The molecule has 0 radical (unpaired) electrons. The number of rotatable bonds is 6. The molecule has 2 aromatic carbocycles. The third-order valence-electron chi connectivity index (χ3n) is 5.90. The Morgan fingerprint density at radius 1 is 1.13 bits per heavy atom. The average Bonchev–Trinajstić information content (AvgIpc) is 3.29. The van der Waals surface area contributed by atoms with Crippen LogP contribution < -0.4 is 5.32 Å². The van der Waals surface area contributed by atoms with Crippen LogP contribution in [0.25, 0.3) is 10.8 Å². The Hall–Kier alpha value is -1.38. The van der Waals surface area contributed by atoms with E-state index in [9.17, 15) is 0 Å². The zero-order valence-corrected chi connectivity index (χ0v) is 20.2. The summed E-state index contributed by atoms with van der Waals surface area (Å²) in [7, 11) is 0. The molecular weight excluding hydrogens is 489 g/mol. The van der Waals surface area contributed by atoms with Crippen molar-refractivity contribution in [2.24, 2.45) is 4.99 Å². The second kappa shape index (κ2) is 11.9. The topological polar surface area (TPSA) is 46.1 Å². The fraction of sp³-hybridized carbons (Fsp3) is 0.542. The van der Waals surface area contributed by atoms with Crippen LogP contribution in [0.4, 0.5) is 0 Å². The quantitative estimate of drug-likeness (QED) is 0.342. The number of fused-ring (bicyclic) bond motifs is 1. The summed E-state index contributed by atoms with van der Waals surface area (Å²) in [6.07, 6.45) is 5.07.